The number of thiazole rings is 1. The van der Waals surface area contributed by atoms with Gasteiger partial charge in [0.25, 0.3) is 0 Å². The molecule has 0 amide bonds. The molecule has 0 spiro atoms. The highest BCUT2D eigenvalue weighted by atomic mass is 35.5. The zero-order valence-electron chi connectivity index (χ0n) is 9.20. The second kappa shape index (κ2) is 4.17. The van der Waals surface area contributed by atoms with Crippen LogP contribution in [0.1, 0.15) is 18.7 Å². The molecule has 2 nitrogen and oxygen atoms in total. The van der Waals surface area contributed by atoms with E-state index in [0.717, 1.165) is 20.5 Å². The van der Waals surface area contributed by atoms with Crippen molar-refractivity contribution in [3.8, 4) is 10.6 Å². The Hall–Kier alpha value is -0.900. The Balaban J connectivity index is 2.35. The highest BCUT2D eigenvalue weighted by Gasteiger charge is 2.17. The SMILES string of the molecule is CC(C)(N)c1cnc(-c2ccc(Cl)cc2)s1. The van der Waals surface area contributed by atoms with Gasteiger partial charge in [-0.05, 0) is 26.0 Å². The minimum absolute atomic E-state index is 0.331. The molecule has 0 atom stereocenters. The van der Waals surface area contributed by atoms with E-state index in [0.29, 0.717) is 0 Å². The lowest BCUT2D eigenvalue weighted by Crippen LogP contribution is -2.27. The quantitative estimate of drug-likeness (QED) is 0.886. The van der Waals surface area contributed by atoms with Crippen LogP contribution < -0.4 is 5.73 Å². The predicted molar refractivity (Wildman–Crippen MR) is 69.8 cm³/mol. The number of nitrogens with zero attached hydrogens (tertiary/aromatic N) is 1. The summed E-state index contributed by atoms with van der Waals surface area (Å²) >= 11 is 7.46. The molecule has 0 radical (unpaired) electrons. The van der Waals surface area contributed by atoms with Gasteiger partial charge in [0.15, 0.2) is 0 Å². The van der Waals surface area contributed by atoms with Crippen molar-refractivity contribution in [3.05, 3.63) is 40.4 Å². The van der Waals surface area contributed by atoms with E-state index >= 15 is 0 Å². The van der Waals surface area contributed by atoms with Crippen molar-refractivity contribution in [1.82, 2.24) is 4.98 Å². The molecule has 2 N–H and O–H groups in total. The van der Waals surface area contributed by atoms with Gasteiger partial charge in [0.2, 0.25) is 0 Å². The van der Waals surface area contributed by atoms with Crippen LogP contribution in [-0.2, 0) is 5.54 Å². The second-order valence-electron chi connectivity index (χ2n) is 4.26. The summed E-state index contributed by atoms with van der Waals surface area (Å²) in [6, 6.07) is 7.67. The summed E-state index contributed by atoms with van der Waals surface area (Å²) in [5.41, 5.74) is 6.76. The summed E-state index contributed by atoms with van der Waals surface area (Å²) < 4.78 is 0. The third-order valence-electron chi connectivity index (χ3n) is 2.23. The zero-order valence-corrected chi connectivity index (χ0v) is 10.8. The highest BCUT2D eigenvalue weighted by Crippen LogP contribution is 2.30. The molecule has 2 aromatic rings. The van der Waals surface area contributed by atoms with E-state index < -0.39 is 0 Å². The average molecular weight is 253 g/mol. The minimum Gasteiger partial charge on any atom is -0.321 e. The van der Waals surface area contributed by atoms with Crippen LogP contribution in [-0.4, -0.2) is 4.98 Å². The summed E-state index contributed by atoms with van der Waals surface area (Å²) in [4.78, 5) is 5.46. The summed E-state index contributed by atoms with van der Waals surface area (Å²) in [5, 5.41) is 1.71. The Morgan fingerprint density at radius 1 is 1.25 bits per heavy atom. The number of hydrogen-bond acceptors (Lipinski definition) is 3. The van der Waals surface area contributed by atoms with Crippen molar-refractivity contribution in [2.24, 2.45) is 5.73 Å². The second-order valence-corrected chi connectivity index (χ2v) is 5.73. The van der Waals surface area contributed by atoms with Gasteiger partial charge in [0.1, 0.15) is 5.01 Å². The summed E-state index contributed by atoms with van der Waals surface area (Å²) in [6.45, 7) is 3.96. The van der Waals surface area contributed by atoms with Crippen LogP contribution in [0.4, 0.5) is 0 Å². The van der Waals surface area contributed by atoms with Crippen LogP contribution >= 0.6 is 22.9 Å². The van der Waals surface area contributed by atoms with Crippen molar-refractivity contribution in [2.75, 3.05) is 0 Å². The molecule has 0 aliphatic rings. The molecule has 1 heterocycles. The predicted octanol–water partition coefficient (Wildman–Crippen LogP) is 3.66. The molecule has 0 unspecified atom stereocenters. The Kier molecular flexibility index (Phi) is 3.02. The maximum Gasteiger partial charge on any atom is 0.123 e. The lowest BCUT2D eigenvalue weighted by Gasteiger charge is -2.14. The first-order valence-electron chi connectivity index (χ1n) is 4.98. The van der Waals surface area contributed by atoms with E-state index in [2.05, 4.69) is 4.98 Å². The Morgan fingerprint density at radius 3 is 2.38 bits per heavy atom. The highest BCUT2D eigenvalue weighted by molar-refractivity contribution is 7.15. The minimum atomic E-state index is -0.331. The van der Waals surface area contributed by atoms with Gasteiger partial charge in [-0.15, -0.1) is 11.3 Å². The topological polar surface area (TPSA) is 38.9 Å². The van der Waals surface area contributed by atoms with Gasteiger partial charge in [-0.3, -0.25) is 0 Å². The fourth-order valence-electron chi connectivity index (χ4n) is 1.30. The van der Waals surface area contributed by atoms with E-state index in [1.165, 1.54) is 0 Å². The lowest BCUT2D eigenvalue weighted by molar-refractivity contribution is 0.566. The number of nitrogens with two attached hydrogens (primary N) is 1. The number of aromatic nitrogens is 1. The zero-order chi connectivity index (χ0) is 11.8. The van der Waals surface area contributed by atoms with Crippen LogP contribution in [0.15, 0.2) is 30.5 Å². The van der Waals surface area contributed by atoms with Crippen molar-refractivity contribution in [3.63, 3.8) is 0 Å². The van der Waals surface area contributed by atoms with Crippen molar-refractivity contribution in [2.45, 2.75) is 19.4 Å². The van der Waals surface area contributed by atoms with Gasteiger partial charge in [-0.2, -0.15) is 0 Å². The average Bonchev–Trinajstić information content (AvgIpc) is 2.67. The van der Waals surface area contributed by atoms with Crippen LogP contribution in [0.5, 0.6) is 0 Å². The van der Waals surface area contributed by atoms with Gasteiger partial charge in [0.05, 0.1) is 0 Å². The number of rotatable bonds is 2. The van der Waals surface area contributed by atoms with Gasteiger partial charge in [-0.25, -0.2) is 4.98 Å². The van der Waals surface area contributed by atoms with Gasteiger partial charge >= 0.3 is 0 Å². The van der Waals surface area contributed by atoms with Gasteiger partial charge < -0.3 is 5.73 Å². The summed E-state index contributed by atoms with van der Waals surface area (Å²) in [5.74, 6) is 0. The first-order valence-corrected chi connectivity index (χ1v) is 6.17. The van der Waals surface area contributed by atoms with E-state index in [4.69, 9.17) is 17.3 Å². The molecule has 2 rings (SSSR count). The molecule has 0 saturated carbocycles. The first-order chi connectivity index (χ1) is 7.47. The van der Waals surface area contributed by atoms with Crippen LogP contribution in [0.2, 0.25) is 5.02 Å². The molecule has 0 aliphatic carbocycles. The summed E-state index contributed by atoms with van der Waals surface area (Å²) in [7, 11) is 0. The van der Waals surface area contributed by atoms with E-state index in [9.17, 15) is 0 Å². The van der Waals surface area contributed by atoms with E-state index in [1.807, 2.05) is 44.3 Å². The van der Waals surface area contributed by atoms with Crippen LogP contribution in [0.25, 0.3) is 10.6 Å². The maximum absolute atomic E-state index is 6.02. The normalized spacial score (nSPS) is 11.8. The standard InChI is InChI=1S/C12H13ClN2S/c1-12(2,14)10-7-15-11(16-10)8-3-5-9(13)6-4-8/h3-7H,14H2,1-2H3. The van der Waals surface area contributed by atoms with E-state index in [-0.39, 0.29) is 5.54 Å². The van der Waals surface area contributed by atoms with Gasteiger partial charge in [0, 0.05) is 27.2 Å². The number of halogens is 1. The molecule has 1 aromatic heterocycles. The molecule has 16 heavy (non-hydrogen) atoms. The van der Waals surface area contributed by atoms with Crippen molar-refractivity contribution < 1.29 is 0 Å². The van der Waals surface area contributed by atoms with E-state index in [1.54, 1.807) is 11.3 Å². The molecule has 0 bridgehead atoms. The molecular formula is C12H13ClN2S. The van der Waals surface area contributed by atoms with Gasteiger partial charge in [-0.1, -0.05) is 23.7 Å². The molecule has 1 aromatic carbocycles. The Labute approximate surface area is 104 Å². The van der Waals surface area contributed by atoms with Crippen molar-refractivity contribution >= 4 is 22.9 Å². The lowest BCUT2D eigenvalue weighted by atomic mass is 10.1. The Morgan fingerprint density at radius 2 is 1.88 bits per heavy atom. The molecule has 0 saturated heterocycles. The molecular weight excluding hydrogens is 240 g/mol. The summed E-state index contributed by atoms with van der Waals surface area (Å²) in [6.07, 6.45) is 1.84. The third kappa shape index (κ3) is 2.43. The number of benzene rings is 1. The fourth-order valence-corrected chi connectivity index (χ4v) is 2.36. The first kappa shape index (κ1) is 11.6. The molecule has 4 heteroatoms. The monoisotopic (exact) mass is 252 g/mol. The smallest absolute Gasteiger partial charge is 0.123 e. The van der Waals surface area contributed by atoms with Crippen molar-refractivity contribution in [1.29, 1.82) is 0 Å². The van der Waals surface area contributed by atoms with Crippen LogP contribution in [0.3, 0.4) is 0 Å². The van der Waals surface area contributed by atoms with Crippen LogP contribution in [0, 0.1) is 0 Å². The molecule has 0 fully saturated rings. The third-order valence-corrected chi connectivity index (χ3v) is 3.87. The largest absolute Gasteiger partial charge is 0.321 e. The number of hydrogen-bond donors (Lipinski definition) is 1. The molecule has 84 valence electrons. The Bertz CT molecular complexity index is 482. The fraction of sp³-hybridized carbons (Fsp3) is 0.250. The maximum atomic E-state index is 6.02. The molecule has 0 aliphatic heterocycles.